The van der Waals surface area contributed by atoms with E-state index < -0.39 is 5.60 Å². The number of pyridine rings is 1. The lowest BCUT2D eigenvalue weighted by molar-refractivity contribution is -0.0216. The molecule has 0 N–H and O–H groups in total. The van der Waals surface area contributed by atoms with Gasteiger partial charge < -0.3 is 9.47 Å². The molecule has 84 valence electrons. The summed E-state index contributed by atoms with van der Waals surface area (Å²) < 4.78 is 10.8. The summed E-state index contributed by atoms with van der Waals surface area (Å²) in [5, 5.41) is 9.54. The van der Waals surface area contributed by atoms with Crippen LogP contribution >= 0.6 is 11.6 Å². The second kappa shape index (κ2) is 4.38. The molecule has 1 fully saturated rings. The van der Waals surface area contributed by atoms with Gasteiger partial charge in [0.1, 0.15) is 17.4 Å². The quantitative estimate of drug-likeness (QED) is 0.789. The maximum atomic E-state index is 9.05. The van der Waals surface area contributed by atoms with Crippen molar-refractivity contribution in [1.29, 1.82) is 5.26 Å². The molecule has 1 aromatic rings. The Morgan fingerprint density at radius 3 is 3.06 bits per heavy atom. The lowest BCUT2D eigenvalue weighted by Crippen LogP contribution is -2.30. The third-order valence-corrected chi connectivity index (χ3v) is 3.15. The molecule has 1 atom stereocenters. The highest BCUT2D eigenvalue weighted by Gasteiger charge is 2.40. The first-order chi connectivity index (χ1) is 7.73. The van der Waals surface area contributed by atoms with Gasteiger partial charge >= 0.3 is 0 Å². The van der Waals surface area contributed by atoms with Gasteiger partial charge in [0.2, 0.25) is 0 Å². The molecule has 0 bridgehead atoms. The number of hydrogen-bond donors (Lipinski definition) is 0. The van der Waals surface area contributed by atoms with Gasteiger partial charge in [-0.15, -0.1) is 0 Å². The summed E-state index contributed by atoms with van der Waals surface area (Å²) in [5.41, 5.74) is 0.315. The molecular formula is C11H11ClN2O2. The molecule has 0 radical (unpaired) electrons. The maximum absolute atomic E-state index is 9.05. The van der Waals surface area contributed by atoms with Gasteiger partial charge in [-0.1, -0.05) is 11.6 Å². The second-order valence-electron chi connectivity index (χ2n) is 3.63. The van der Waals surface area contributed by atoms with Gasteiger partial charge in [0.05, 0.1) is 11.6 Å². The molecule has 1 unspecified atom stereocenters. The SMILES string of the molecule is COC1(c2c(Cl)ccnc2C#N)CCOC1. The predicted octanol–water partition coefficient (Wildman–Crippen LogP) is 1.87. The minimum Gasteiger partial charge on any atom is -0.378 e. The summed E-state index contributed by atoms with van der Waals surface area (Å²) in [4.78, 5) is 4.01. The average Bonchev–Trinajstić information content (AvgIpc) is 2.78. The van der Waals surface area contributed by atoms with Crippen molar-refractivity contribution in [2.75, 3.05) is 20.3 Å². The van der Waals surface area contributed by atoms with Crippen molar-refractivity contribution in [3.63, 3.8) is 0 Å². The average molecular weight is 239 g/mol. The minimum atomic E-state index is -0.629. The van der Waals surface area contributed by atoms with Crippen molar-refractivity contribution in [1.82, 2.24) is 4.98 Å². The second-order valence-corrected chi connectivity index (χ2v) is 4.04. The van der Waals surface area contributed by atoms with Crippen molar-refractivity contribution < 1.29 is 9.47 Å². The molecule has 0 aliphatic carbocycles. The zero-order valence-corrected chi connectivity index (χ0v) is 9.62. The van der Waals surface area contributed by atoms with Crippen molar-refractivity contribution in [3.05, 3.63) is 28.5 Å². The van der Waals surface area contributed by atoms with Crippen LogP contribution in [0, 0.1) is 11.3 Å². The fourth-order valence-electron chi connectivity index (χ4n) is 1.96. The summed E-state index contributed by atoms with van der Waals surface area (Å²) in [5.74, 6) is 0. The van der Waals surface area contributed by atoms with Gasteiger partial charge in [0.25, 0.3) is 0 Å². The highest BCUT2D eigenvalue weighted by molar-refractivity contribution is 6.31. The Bertz CT molecular complexity index is 436. The zero-order valence-electron chi connectivity index (χ0n) is 8.86. The Kier molecular flexibility index (Phi) is 3.10. The molecule has 2 rings (SSSR count). The largest absolute Gasteiger partial charge is 0.378 e. The number of nitriles is 1. The van der Waals surface area contributed by atoms with E-state index in [1.165, 1.54) is 6.20 Å². The van der Waals surface area contributed by atoms with E-state index in [-0.39, 0.29) is 0 Å². The number of methoxy groups -OCH3 is 1. The Morgan fingerprint density at radius 1 is 1.69 bits per heavy atom. The zero-order chi connectivity index (χ0) is 11.6. The lowest BCUT2D eigenvalue weighted by atomic mass is 9.91. The molecule has 1 aromatic heterocycles. The molecule has 0 amide bonds. The Morgan fingerprint density at radius 2 is 2.50 bits per heavy atom. The van der Waals surface area contributed by atoms with Crippen LogP contribution in [0.15, 0.2) is 12.3 Å². The van der Waals surface area contributed by atoms with E-state index in [4.69, 9.17) is 26.3 Å². The summed E-state index contributed by atoms with van der Waals surface area (Å²) in [7, 11) is 1.60. The molecule has 5 heteroatoms. The summed E-state index contributed by atoms with van der Waals surface area (Å²) in [6.45, 7) is 1.01. The van der Waals surface area contributed by atoms with Crippen LogP contribution in [0.2, 0.25) is 5.02 Å². The first-order valence-electron chi connectivity index (χ1n) is 4.91. The fourth-order valence-corrected chi connectivity index (χ4v) is 2.28. The standard InChI is InChI=1S/C11H11ClN2O2/c1-15-11(3-5-16-7-11)10-8(12)2-4-14-9(10)6-13/h2,4H,3,5,7H2,1H3. The topological polar surface area (TPSA) is 55.1 Å². The Balaban J connectivity index is 2.58. The first kappa shape index (κ1) is 11.3. The van der Waals surface area contributed by atoms with Gasteiger partial charge in [-0.05, 0) is 6.07 Å². The monoisotopic (exact) mass is 238 g/mol. The number of ether oxygens (including phenoxy) is 2. The van der Waals surface area contributed by atoms with Crippen LogP contribution in [0.5, 0.6) is 0 Å². The number of halogens is 1. The van der Waals surface area contributed by atoms with E-state index >= 15 is 0 Å². The normalized spacial score (nSPS) is 24.3. The molecule has 1 aliphatic heterocycles. The summed E-state index contributed by atoms with van der Waals surface area (Å²) >= 11 is 6.13. The van der Waals surface area contributed by atoms with E-state index in [2.05, 4.69) is 4.98 Å². The molecule has 16 heavy (non-hydrogen) atoms. The lowest BCUT2D eigenvalue weighted by Gasteiger charge is -2.27. The third-order valence-electron chi connectivity index (χ3n) is 2.84. The van der Waals surface area contributed by atoms with Gasteiger partial charge in [0, 0.05) is 31.9 Å². The van der Waals surface area contributed by atoms with Crippen LogP contribution in [-0.2, 0) is 15.1 Å². The summed E-state index contributed by atoms with van der Waals surface area (Å²) in [6, 6.07) is 3.70. The highest BCUT2D eigenvalue weighted by Crippen LogP contribution is 2.38. The van der Waals surface area contributed by atoms with E-state index in [0.29, 0.717) is 35.9 Å². The number of rotatable bonds is 2. The van der Waals surface area contributed by atoms with Gasteiger partial charge in [-0.3, -0.25) is 0 Å². The van der Waals surface area contributed by atoms with Crippen LogP contribution in [-0.4, -0.2) is 25.3 Å². The smallest absolute Gasteiger partial charge is 0.148 e. The van der Waals surface area contributed by atoms with Crippen LogP contribution < -0.4 is 0 Å². The molecule has 0 saturated carbocycles. The van der Waals surface area contributed by atoms with Gasteiger partial charge in [-0.25, -0.2) is 4.98 Å². The van der Waals surface area contributed by atoms with Crippen LogP contribution in [0.3, 0.4) is 0 Å². The number of hydrogen-bond acceptors (Lipinski definition) is 4. The highest BCUT2D eigenvalue weighted by atomic mass is 35.5. The molecular weight excluding hydrogens is 228 g/mol. The Labute approximate surface area is 98.8 Å². The molecule has 2 heterocycles. The van der Waals surface area contributed by atoms with Gasteiger partial charge in [-0.2, -0.15) is 5.26 Å². The summed E-state index contributed by atoms with van der Waals surface area (Å²) in [6.07, 6.45) is 2.20. The van der Waals surface area contributed by atoms with Crippen LogP contribution in [0.25, 0.3) is 0 Å². The third kappa shape index (κ3) is 1.67. The van der Waals surface area contributed by atoms with Crippen molar-refractivity contribution in [3.8, 4) is 6.07 Å². The van der Waals surface area contributed by atoms with Crippen molar-refractivity contribution in [2.45, 2.75) is 12.0 Å². The van der Waals surface area contributed by atoms with Crippen molar-refractivity contribution in [2.24, 2.45) is 0 Å². The van der Waals surface area contributed by atoms with E-state index in [9.17, 15) is 0 Å². The number of nitrogens with zero attached hydrogens (tertiary/aromatic N) is 2. The maximum Gasteiger partial charge on any atom is 0.148 e. The van der Waals surface area contributed by atoms with Gasteiger partial charge in [0.15, 0.2) is 0 Å². The molecule has 4 nitrogen and oxygen atoms in total. The van der Waals surface area contributed by atoms with E-state index in [1.807, 2.05) is 6.07 Å². The molecule has 0 spiro atoms. The van der Waals surface area contributed by atoms with Crippen LogP contribution in [0.1, 0.15) is 17.7 Å². The van der Waals surface area contributed by atoms with E-state index in [0.717, 1.165) is 0 Å². The Hall–Kier alpha value is -1.15. The fraction of sp³-hybridized carbons (Fsp3) is 0.455. The van der Waals surface area contributed by atoms with Crippen LogP contribution in [0.4, 0.5) is 0 Å². The molecule has 0 aromatic carbocycles. The molecule has 1 aliphatic rings. The number of aromatic nitrogens is 1. The molecule has 1 saturated heterocycles. The van der Waals surface area contributed by atoms with Crippen molar-refractivity contribution >= 4 is 11.6 Å². The first-order valence-corrected chi connectivity index (χ1v) is 5.29. The minimum absolute atomic E-state index is 0.305. The predicted molar refractivity (Wildman–Crippen MR) is 58.1 cm³/mol. The van der Waals surface area contributed by atoms with E-state index in [1.54, 1.807) is 13.2 Å².